The number of nitrogens with zero attached hydrogens (tertiary/aromatic N) is 3. The van der Waals surface area contributed by atoms with Crippen molar-refractivity contribution in [1.82, 2.24) is 9.38 Å². The van der Waals surface area contributed by atoms with Crippen LogP contribution in [0.2, 0.25) is 0 Å². The molecule has 0 fully saturated rings. The summed E-state index contributed by atoms with van der Waals surface area (Å²) in [6.45, 7) is 0. The van der Waals surface area contributed by atoms with Crippen LogP contribution in [0.25, 0.3) is 5.65 Å². The summed E-state index contributed by atoms with van der Waals surface area (Å²) in [6.07, 6.45) is 3.48. The lowest BCUT2D eigenvalue weighted by Gasteiger charge is -2.18. The fourth-order valence-electron chi connectivity index (χ4n) is 2.24. The van der Waals surface area contributed by atoms with E-state index >= 15 is 0 Å². The van der Waals surface area contributed by atoms with Gasteiger partial charge in [0.15, 0.2) is 11.6 Å². The van der Waals surface area contributed by atoms with Gasteiger partial charge in [-0.15, -0.1) is 0 Å². The number of amides is 1. The molecule has 0 radical (unpaired) electrons. The molecular formula is C16H13BrFN3O2. The molecule has 0 aliphatic carbocycles. The monoisotopic (exact) mass is 377 g/mol. The molecule has 2 aromatic heterocycles. The summed E-state index contributed by atoms with van der Waals surface area (Å²) >= 11 is 3.40. The molecule has 1 amide bonds. The van der Waals surface area contributed by atoms with Gasteiger partial charge in [0.25, 0.3) is 5.91 Å². The first kappa shape index (κ1) is 15.5. The third-order valence-electron chi connectivity index (χ3n) is 3.53. The van der Waals surface area contributed by atoms with Crippen molar-refractivity contribution in [3.05, 3.63) is 58.7 Å². The molecule has 0 aliphatic heterocycles. The van der Waals surface area contributed by atoms with Crippen molar-refractivity contribution in [3.63, 3.8) is 0 Å². The summed E-state index contributed by atoms with van der Waals surface area (Å²) in [5.74, 6) is -0.730. The molecule has 7 heteroatoms. The number of carbonyl (C=O) groups excluding carboxylic acids is 1. The van der Waals surface area contributed by atoms with Gasteiger partial charge in [-0.25, -0.2) is 9.37 Å². The molecule has 118 valence electrons. The molecule has 0 N–H and O–H groups in total. The zero-order valence-electron chi connectivity index (χ0n) is 12.5. The van der Waals surface area contributed by atoms with Crippen LogP contribution in [0.5, 0.6) is 5.75 Å². The van der Waals surface area contributed by atoms with Crippen molar-refractivity contribution >= 4 is 33.2 Å². The first-order valence-electron chi connectivity index (χ1n) is 6.75. The maximum atomic E-state index is 13.5. The fourth-order valence-corrected chi connectivity index (χ4v) is 2.63. The number of aromatic nitrogens is 2. The molecule has 0 saturated heterocycles. The lowest BCUT2D eigenvalue weighted by Crippen LogP contribution is -2.26. The molecule has 0 aliphatic rings. The highest BCUT2D eigenvalue weighted by atomic mass is 79.9. The van der Waals surface area contributed by atoms with Crippen LogP contribution in [0.1, 0.15) is 10.4 Å². The summed E-state index contributed by atoms with van der Waals surface area (Å²) in [4.78, 5) is 18.3. The second-order valence-corrected chi connectivity index (χ2v) is 5.72. The van der Waals surface area contributed by atoms with E-state index in [1.54, 1.807) is 25.5 Å². The van der Waals surface area contributed by atoms with Gasteiger partial charge >= 0.3 is 0 Å². The van der Waals surface area contributed by atoms with Crippen LogP contribution in [0.4, 0.5) is 10.1 Å². The number of ether oxygens (including phenoxy) is 1. The van der Waals surface area contributed by atoms with Gasteiger partial charge in [-0.1, -0.05) is 0 Å². The third kappa shape index (κ3) is 2.79. The summed E-state index contributed by atoms with van der Waals surface area (Å²) in [6, 6.07) is 7.65. The second-order valence-electron chi connectivity index (χ2n) is 4.91. The van der Waals surface area contributed by atoms with E-state index in [0.29, 0.717) is 11.3 Å². The summed E-state index contributed by atoms with van der Waals surface area (Å²) in [5, 5.41) is 0. The van der Waals surface area contributed by atoms with E-state index in [-0.39, 0.29) is 11.7 Å². The molecule has 5 nitrogen and oxygen atoms in total. The first-order valence-corrected chi connectivity index (χ1v) is 7.55. The second kappa shape index (κ2) is 6.00. The Hall–Kier alpha value is -2.41. The number of carbonyl (C=O) groups is 1. The van der Waals surface area contributed by atoms with Gasteiger partial charge in [-0.3, -0.25) is 9.20 Å². The highest BCUT2D eigenvalue weighted by Crippen LogP contribution is 2.23. The number of benzene rings is 1. The number of hydrogen-bond donors (Lipinski definition) is 0. The molecule has 23 heavy (non-hydrogen) atoms. The topological polar surface area (TPSA) is 46.8 Å². The Balaban J connectivity index is 1.95. The van der Waals surface area contributed by atoms with Gasteiger partial charge in [0, 0.05) is 18.8 Å². The summed E-state index contributed by atoms with van der Waals surface area (Å²) in [7, 11) is 3.02. The molecule has 3 rings (SSSR count). The van der Waals surface area contributed by atoms with E-state index in [1.807, 2.05) is 10.5 Å². The van der Waals surface area contributed by atoms with Gasteiger partial charge in [0.05, 0.1) is 19.0 Å². The number of anilines is 1. The smallest absolute Gasteiger partial charge is 0.258 e. The van der Waals surface area contributed by atoms with Gasteiger partial charge in [0.1, 0.15) is 10.3 Å². The average molecular weight is 378 g/mol. The van der Waals surface area contributed by atoms with Crippen molar-refractivity contribution in [2.45, 2.75) is 0 Å². The van der Waals surface area contributed by atoms with Crippen LogP contribution < -0.4 is 9.64 Å². The molecule has 0 unspecified atom stereocenters. The third-order valence-corrected chi connectivity index (χ3v) is 4.12. The Labute approximate surface area is 140 Å². The van der Waals surface area contributed by atoms with Crippen LogP contribution in [0.15, 0.2) is 47.3 Å². The van der Waals surface area contributed by atoms with Crippen molar-refractivity contribution in [2.75, 3.05) is 19.1 Å². The average Bonchev–Trinajstić information content (AvgIpc) is 2.94. The zero-order chi connectivity index (χ0) is 16.6. The fraction of sp³-hybridized carbons (Fsp3) is 0.125. The zero-order valence-corrected chi connectivity index (χ0v) is 14.0. The molecule has 0 atom stereocenters. The van der Waals surface area contributed by atoms with Crippen molar-refractivity contribution in [3.8, 4) is 5.75 Å². The van der Waals surface area contributed by atoms with Crippen LogP contribution in [0.3, 0.4) is 0 Å². The van der Waals surface area contributed by atoms with Crippen LogP contribution in [0, 0.1) is 5.82 Å². The lowest BCUT2D eigenvalue weighted by atomic mass is 10.1. The van der Waals surface area contributed by atoms with Crippen LogP contribution in [-0.2, 0) is 0 Å². The number of methoxy groups -OCH3 is 1. The van der Waals surface area contributed by atoms with Crippen molar-refractivity contribution < 1.29 is 13.9 Å². The molecule has 0 saturated carbocycles. The maximum absolute atomic E-state index is 13.5. The van der Waals surface area contributed by atoms with E-state index < -0.39 is 5.82 Å². The predicted octanol–water partition coefficient (Wildman–Crippen LogP) is 3.52. The quantitative estimate of drug-likeness (QED) is 0.701. The number of hydrogen-bond acceptors (Lipinski definition) is 3. The molecular weight excluding hydrogens is 365 g/mol. The van der Waals surface area contributed by atoms with E-state index in [2.05, 4.69) is 20.9 Å². The minimum Gasteiger partial charge on any atom is -0.494 e. The first-order chi connectivity index (χ1) is 11.0. The number of imidazole rings is 1. The highest BCUT2D eigenvalue weighted by Gasteiger charge is 2.16. The molecule has 1 aromatic carbocycles. The van der Waals surface area contributed by atoms with E-state index in [9.17, 15) is 9.18 Å². The van der Waals surface area contributed by atoms with Crippen LogP contribution in [-0.4, -0.2) is 29.4 Å². The minimum atomic E-state index is -0.504. The largest absolute Gasteiger partial charge is 0.494 e. The maximum Gasteiger partial charge on any atom is 0.258 e. The normalized spacial score (nSPS) is 10.8. The van der Waals surface area contributed by atoms with Gasteiger partial charge < -0.3 is 9.64 Å². The Morgan fingerprint density at radius 3 is 2.87 bits per heavy atom. The standard InChI is InChI=1S/C16H13BrFN3O2/c1-20(11-4-6-15-19-8-14(17)21(15)9-11)16(22)10-3-5-12(18)13(7-10)23-2/h3-9H,1-2H3. The molecule has 2 heterocycles. The lowest BCUT2D eigenvalue weighted by molar-refractivity contribution is 0.0992. The number of fused-ring (bicyclic) bond motifs is 1. The minimum absolute atomic E-state index is 0.0389. The van der Waals surface area contributed by atoms with Gasteiger partial charge in [-0.05, 0) is 46.3 Å². The highest BCUT2D eigenvalue weighted by molar-refractivity contribution is 9.10. The Morgan fingerprint density at radius 1 is 1.35 bits per heavy atom. The van der Waals surface area contributed by atoms with Gasteiger partial charge in [0.2, 0.25) is 0 Å². The van der Waals surface area contributed by atoms with Gasteiger partial charge in [-0.2, -0.15) is 0 Å². The van der Waals surface area contributed by atoms with E-state index in [0.717, 1.165) is 10.3 Å². The summed E-state index contributed by atoms with van der Waals surface area (Å²) in [5.41, 5.74) is 1.80. The van der Waals surface area contributed by atoms with Crippen molar-refractivity contribution in [2.24, 2.45) is 0 Å². The SMILES string of the molecule is COc1cc(C(=O)N(C)c2ccc3ncc(Br)n3c2)ccc1F. The number of halogens is 2. The molecule has 3 aromatic rings. The number of pyridine rings is 1. The van der Waals surface area contributed by atoms with E-state index in [4.69, 9.17) is 4.74 Å². The van der Waals surface area contributed by atoms with Crippen LogP contribution >= 0.6 is 15.9 Å². The van der Waals surface area contributed by atoms with E-state index in [1.165, 1.54) is 30.2 Å². The van der Waals surface area contributed by atoms with Crippen molar-refractivity contribution in [1.29, 1.82) is 0 Å². The Morgan fingerprint density at radius 2 is 2.13 bits per heavy atom. The summed E-state index contributed by atoms with van der Waals surface area (Å²) < 4.78 is 21.0. The number of rotatable bonds is 3. The Kier molecular flexibility index (Phi) is 4.04. The predicted molar refractivity (Wildman–Crippen MR) is 88.6 cm³/mol. The Bertz CT molecular complexity index is 894. The molecule has 0 spiro atoms. The molecule has 0 bridgehead atoms.